The maximum absolute atomic E-state index is 13.5. The summed E-state index contributed by atoms with van der Waals surface area (Å²) < 4.78 is 61.3. The zero-order valence-corrected chi connectivity index (χ0v) is 54.4. The van der Waals surface area contributed by atoms with Crippen molar-refractivity contribution in [1.82, 2.24) is 41.7 Å². The molecule has 3 fully saturated rings. The van der Waals surface area contributed by atoms with Crippen LogP contribution in [-0.2, 0) is 92.3 Å². The first-order valence-corrected chi connectivity index (χ1v) is 32.8. The second kappa shape index (κ2) is 43.6. The number of carbonyl (C=O) groups is 6. The van der Waals surface area contributed by atoms with Crippen molar-refractivity contribution in [3.63, 3.8) is 0 Å². The van der Waals surface area contributed by atoms with E-state index >= 15 is 0 Å². The van der Waals surface area contributed by atoms with Crippen molar-refractivity contribution in [3.05, 3.63) is 0 Å². The van der Waals surface area contributed by atoms with E-state index in [1.54, 1.807) is 25.7 Å². The fourth-order valence-corrected chi connectivity index (χ4v) is 11.4. The summed E-state index contributed by atoms with van der Waals surface area (Å²) in [6, 6.07) is -3.44. The normalized spacial score (nSPS) is 27.6. The standard InChI is InChI=1S/C54H101N8O27PS/c1-33(66)58-42-48(75)45(72)36(30-63)86-51(42)82-24-21-79-18-11-55-39(69)27-61(14-9-7-8-10-17-85-90(78,91)89-54(4,5)6)15-16-62(28-40(70)56-12-19-80-22-25-83-52-43(59-34(2)67)49(76)46(73)37(31-64)87-52)29-41(71)57-13-20-81-23-26-84-53-44(60-35(3)68)50(77)47(74)38(32-65)88-53/h36-38,42-53,63-65,72-77H,7-32H2,1-6H3,(H,55,69)(H,56,70)(H,57,71)(H,58,66)(H,59,67)(H,60,68)(H,78,91)/p-1. The van der Waals surface area contributed by atoms with E-state index in [4.69, 9.17) is 63.5 Å². The van der Waals surface area contributed by atoms with Gasteiger partial charge in [0.1, 0.15) is 79.8 Å². The van der Waals surface area contributed by atoms with Crippen molar-refractivity contribution in [2.75, 3.05) is 145 Å². The molecule has 0 saturated carbocycles. The number of nitrogens with zero attached hydrogens (tertiary/aromatic N) is 2. The smallest absolute Gasteiger partial charge is 0.234 e. The summed E-state index contributed by atoms with van der Waals surface area (Å²) in [4.78, 5) is 91.8. The summed E-state index contributed by atoms with van der Waals surface area (Å²) in [5.41, 5.74) is -0.768. The van der Waals surface area contributed by atoms with Gasteiger partial charge in [-0.3, -0.25) is 38.6 Å². The lowest BCUT2D eigenvalue weighted by Gasteiger charge is -2.42. The Kier molecular flexibility index (Phi) is 39.2. The molecule has 0 bridgehead atoms. The Bertz CT molecular complexity index is 2110. The topological polar surface area (TPSA) is 488 Å². The fraction of sp³-hybridized carbons (Fsp3) is 0.889. The van der Waals surface area contributed by atoms with Crippen LogP contribution in [-0.4, -0.2) is 334 Å². The maximum Gasteiger partial charge on any atom is 0.234 e. The van der Waals surface area contributed by atoms with Gasteiger partial charge in [-0.25, -0.2) is 0 Å². The molecule has 3 aliphatic heterocycles. The van der Waals surface area contributed by atoms with Gasteiger partial charge in [-0.05, 0) is 40.2 Å². The van der Waals surface area contributed by atoms with Crippen LogP contribution >= 0.6 is 6.72 Å². The molecule has 530 valence electrons. The van der Waals surface area contributed by atoms with E-state index in [1.165, 1.54) is 20.8 Å². The van der Waals surface area contributed by atoms with Crippen LogP contribution < -0.4 is 36.8 Å². The number of unbranched alkanes of at least 4 members (excludes halogenated alkanes) is 3. The minimum absolute atomic E-state index is 0.00314. The average molecular weight is 1360 g/mol. The summed E-state index contributed by atoms with van der Waals surface area (Å²) in [5, 5.41) is 107. The van der Waals surface area contributed by atoms with Crippen molar-refractivity contribution in [2.45, 2.75) is 165 Å². The van der Waals surface area contributed by atoms with Crippen LogP contribution in [0.3, 0.4) is 0 Å². The number of amides is 6. The van der Waals surface area contributed by atoms with Crippen LogP contribution in [0.1, 0.15) is 67.2 Å². The molecule has 0 aliphatic carbocycles. The Morgan fingerprint density at radius 3 is 1.13 bits per heavy atom. The van der Waals surface area contributed by atoms with Crippen molar-refractivity contribution < 1.29 is 131 Å². The molecule has 3 saturated heterocycles. The first kappa shape index (κ1) is 81.8. The highest BCUT2D eigenvalue weighted by Crippen LogP contribution is 2.43. The molecule has 3 aliphatic rings. The number of rotatable bonds is 45. The van der Waals surface area contributed by atoms with Crippen LogP contribution in [0.4, 0.5) is 0 Å². The van der Waals surface area contributed by atoms with Crippen molar-refractivity contribution in [3.8, 4) is 0 Å². The van der Waals surface area contributed by atoms with Crippen molar-refractivity contribution in [2.24, 2.45) is 0 Å². The maximum atomic E-state index is 13.5. The van der Waals surface area contributed by atoms with Crippen molar-refractivity contribution in [1.29, 1.82) is 0 Å². The average Bonchev–Trinajstić information content (AvgIpc) is 1.13. The highest BCUT2D eigenvalue weighted by atomic mass is 32.5. The Morgan fingerprint density at radius 1 is 0.473 bits per heavy atom. The molecule has 16 unspecified atom stereocenters. The van der Waals surface area contributed by atoms with E-state index in [2.05, 4.69) is 31.9 Å². The van der Waals surface area contributed by atoms with Crippen molar-refractivity contribution >= 4 is 54.0 Å². The monoisotopic (exact) mass is 1360 g/mol. The predicted octanol–water partition coefficient (Wildman–Crippen LogP) is -8.15. The molecule has 0 aromatic heterocycles. The summed E-state index contributed by atoms with van der Waals surface area (Å²) in [6.45, 7) is 3.09. The van der Waals surface area contributed by atoms with Gasteiger partial charge in [0.2, 0.25) is 35.4 Å². The molecule has 0 aromatic rings. The zero-order chi connectivity index (χ0) is 67.7. The molecule has 0 spiro atoms. The minimum atomic E-state index is -3.71. The van der Waals surface area contributed by atoms with Gasteiger partial charge in [0.05, 0.1) is 111 Å². The van der Waals surface area contributed by atoms with Crippen LogP contribution in [0.5, 0.6) is 0 Å². The number of aliphatic hydroxyl groups excluding tert-OH is 9. The lowest BCUT2D eigenvalue weighted by atomic mass is 9.97. The van der Waals surface area contributed by atoms with E-state index in [0.717, 1.165) is 0 Å². The van der Waals surface area contributed by atoms with Crippen LogP contribution in [0.2, 0.25) is 0 Å². The summed E-state index contributed by atoms with van der Waals surface area (Å²) in [5.74, 6) is -2.91. The summed E-state index contributed by atoms with van der Waals surface area (Å²) >= 11 is 5.03. The Hall–Kier alpha value is -3.45. The quantitative estimate of drug-likeness (QED) is 0.0199. The summed E-state index contributed by atoms with van der Waals surface area (Å²) in [6.07, 6.45) is -13.8. The second-order valence-corrected chi connectivity index (χ2v) is 25.4. The fourth-order valence-electron chi connectivity index (χ4n) is 9.48. The molecule has 91 heavy (non-hydrogen) atoms. The highest BCUT2D eigenvalue weighted by Gasteiger charge is 2.48. The Morgan fingerprint density at radius 2 is 0.802 bits per heavy atom. The van der Waals surface area contributed by atoms with E-state index in [9.17, 15) is 79.6 Å². The number of aliphatic hydroxyl groups is 9. The molecule has 6 amide bonds. The third-order valence-corrected chi connectivity index (χ3v) is 15.6. The van der Waals surface area contributed by atoms with Gasteiger partial charge >= 0.3 is 0 Å². The molecule has 3 heterocycles. The predicted molar refractivity (Wildman–Crippen MR) is 318 cm³/mol. The molecule has 16 atom stereocenters. The molecule has 3 rings (SSSR count). The lowest BCUT2D eigenvalue weighted by molar-refractivity contribution is -0.272. The van der Waals surface area contributed by atoms with E-state index < -0.39 is 154 Å². The van der Waals surface area contributed by atoms with E-state index in [-0.39, 0.29) is 124 Å². The molecular formula is C54H100N8O27PS-. The number of nitrogens with one attached hydrogen (secondary N) is 6. The minimum Gasteiger partial charge on any atom is -0.780 e. The molecule has 15 N–H and O–H groups in total. The Labute approximate surface area is 534 Å². The van der Waals surface area contributed by atoms with Gasteiger partial charge in [-0.2, -0.15) is 0 Å². The molecule has 37 heteroatoms. The third-order valence-electron chi connectivity index (χ3n) is 13.8. The first-order chi connectivity index (χ1) is 43.1. The number of carbonyl (C=O) groups excluding carboxylic acids is 6. The second-order valence-electron chi connectivity index (χ2n) is 22.7. The number of ether oxygens (including phenoxy) is 9. The number of hydrogen-bond acceptors (Lipinski definition) is 30. The van der Waals surface area contributed by atoms with Gasteiger partial charge in [-0.1, -0.05) is 24.6 Å². The zero-order valence-electron chi connectivity index (χ0n) is 52.7. The van der Waals surface area contributed by atoms with Gasteiger partial charge in [0.25, 0.3) is 0 Å². The van der Waals surface area contributed by atoms with Gasteiger partial charge in [-0.15, -0.1) is 0 Å². The van der Waals surface area contributed by atoms with E-state index in [1.807, 2.05) is 4.90 Å². The lowest BCUT2D eigenvalue weighted by Crippen LogP contribution is -2.64. The molecule has 35 nitrogen and oxygen atoms in total. The van der Waals surface area contributed by atoms with Gasteiger partial charge < -0.3 is 134 Å². The molecule has 0 radical (unpaired) electrons. The summed E-state index contributed by atoms with van der Waals surface area (Å²) in [7, 11) is 0. The number of hydrogen-bond donors (Lipinski definition) is 15. The highest BCUT2D eigenvalue weighted by molar-refractivity contribution is 8.06. The van der Waals surface area contributed by atoms with Crippen LogP contribution in [0, 0.1) is 0 Å². The third kappa shape index (κ3) is 32.2. The van der Waals surface area contributed by atoms with Crippen LogP contribution in [0.25, 0.3) is 0 Å². The van der Waals surface area contributed by atoms with Crippen LogP contribution in [0.15, 0.2) is 0 Å². The van der Waals surface area contributed by atoms with Gasteiger partial charge in [0, 0.05) is 53.5 Å². The molecule has 0 aromatic carbocycles. The largest absolute Gasteiger partial charge is 0.780 e. The Balaban J connectivity index is 1.63. The van der Waals surface area contributed by atoms with Gasteiger partial charge in [0.15, 0.2) is 18.9 Å². The van der Waals surface area contributed by atoms with E-state index in [0.29, 0.717) is 32.2 Å². The first-order valence-electron chi connectivity index (χ1n) is 30.3. The SMILES string of the molecule is CC(=O)NC1C(OCCOCCNC(=O)CN(CCCCCCOP([O-])(=S)OC(C)(C)C)CCN(CC(=O)NCCOCCOC2OC(CO)C(O)C(O)C2NC(C)=O)CC(=O)NCCOCCOC2OC(CO)C(O)C(O)C2NC(C)=O)OC(CO)C(O)C1O. The molecular weight excluding hydrogens is 1260 g/mol.